The first-order chi connectivity index (χ1) is 6.86. The Bertz CT molecular complexity index is 230. The summed E-state index contributed by atoms with van der Waals surface area (Å²) < 4.78 is 0. The minimum atomic E-state index is -0.730. The number of hydrogen-bond acceptors (Lipinski definition) is 2. The van der Waals surface area contributed by atoms with Crippen molar-refractivity contribution in [3.8, 4) is 0 Å². The van der Waals surface area contributed by atoms with Gasteiger partial charge in [0, 0.05) is 13.1 Å². The Morgan fingerprint density at radius 3 is 2.40 bits per heavy atom. The Morgan fingerprint density at radius 1 is 1.40 bits per heavy atom. The molecule has 0 radical (unpaired) electrons. The topological polar surface area (TPSA) is 49.3 Å². The van der Waals surface area contributed by atoms with Crippen LogP contribution in [0.3, 0.4) is 0 Å². The molecule has 88 valence electrons. The molecule has 0 unspecified atom stereocenters. The highest BCUT2D eigenvalue weighted by Crippen LogP contribution is 2.36. The van der Waals surface area contributed by atoms with Crippen LogP contribution in [0, 0.1) is 10.8 Å². The van der Waals surface area contributed by atoms with Gasteiger partial charge in [-0.15, -0.1) is 0 Å². The van der Waals surface area contributed by atoms with Crippen molar-refractivity contribution >= 4 is 5.97 Å². The van der Waals surface area contributed by atoms with Crippen LogP contribution in [0.4, 0.5) is 0 Å². The summed E-state index contributed by atoms with van der Waals surface area (Å²) in [5.41, 5.74) is -0.260. The first-order valence-electron chi connectivity index (χ1n) is 5.80. The zero-order chi connectivity index (χ0) is 11.5. The Balaban J connectivity index is 2.29. The van der Waals surface area contributed by atoms with E-state index in [1.165, 1.54) is 25.7 Å². The highest BCUT2D eigenvalue weighted by Gasteiger charge is 2.31. The molecule has 1 aliphatic carbocycles. The smallest absolute Gasteiger partial charge is 0.310 e. The maximum absolute atomic E-state index is 10.9. The van der Waals surface area contributed by atoms with Crippen molar-refractivity contribution < 1.29 is 9.90 Å². The molecule has 3 nitrogen and oxygen atoms in total. The third kappa shape index (κ3) is 3.49. The van der Waals surface area contributed by atoms with Crippen LogP contribution in [0.25, 0.3) is 0 Å². The zero-order valence-electron chi connectivity index (χ0n) is 10.1. The second-order valence-electron chi connectivity index (χ2n) is 5.81. The van der Waals surface area contributed by atoms with Gasteiger partial charge in [0.25, 0.3) is 0 Å². The van der Waals surface area contributed by atoms with Crippen LogP contribution in [0.2, 0.25) is 0 Å². The molecule has 0 atom stereocenters. The molecule has 0 aromatic heterocycles. The molecule has 0 bridgehead atoms. The summed E-state index contributed by atoms with van der Waals surface area (Å²) in [6.45, 7) is 7.32. The fourth-order valence-corrected chi connectivity index (χ4v) is 2.16. The number of rotatable bonds is 5. The van der Waals surface area contributed by atoms with Crippen LogP contribution in [0.5, 0.6) is 0 Å². The molecule has 1 saturated carbocycles. The largest absolute Gasteiger partial charge is 0.481 e. The van der Waals surface area contributed by atoms with Gasteiger partial charge in [0.15, 0.2) is 0 Å². The molecular formula is C12H23NO2. The lowest BCUT2D eigenvalue weighted by Crippen LogP contribution is -2.40. The van der Waals surface area contributed by atoms with E-state index >= 15 is 0 Å². The van der Waals surface area contributed by atoms with Gasteiger partial charge < -0.3 is 10.4 Å². The van der Waals surface area contributed by atoms with Gasteiger partial charge in [-0.25, -0.2) is 0 Å². The van der Waals surface area contributed by atoms with Crippen molar-refractivity contribution in [2.45, 2.75) is 46.5 Å². The summed E-state index contributed by atoms with van der Waals surface area (Å²) >= 11 is 0. The number of carboxylic acid groups (broad SMARTS) is 1. The minimum Gasteiger partial charge on any atom is -0.481 e. The quantitative estimate of drug-likeness (QED) is 0.736. The predicted molar refractivity (Wildman–Crippen MR) is 60.9 cm³/mol. The van der Waals surface area contributed by atoms with Gasteiger partial charge in [0.1, 0.15) is 0 Å². The molecule has 1 rings (SSSR count). The molecule has 0 saturated heterocycles. The highest BCUT2D eigenvalue weighted by molar-refractivity contribution is 5.73. The Labute approximate surface area is 92.3 Å². The molecule has 1 aliphatic rings. The van der Waals surface area contributed by atoms with Gasteiger partial charge in [0.05, 0.1) is 5.41 Å². The second-order valence-corrected chi connectivity index (χ2v) is 5.81. The van der Waals surface area contributed by atoms with Gasteiger partial charge in [-0.3, -0.25) is 4.79 Å². The molecule has 0 heterocycles. The number of carbonyl (C=O) groups is 1. The molecule has 15 heavy (non-hydrogen) atoms. The van der Waals surface area contributed by atoms with E-state index in [0.29, 0.717) is 12.0 Å². The van der Waals surface area contributed by atoms with E-state index in [9.17, 15) is 4.79 Å². The Kier molecular flexibility index (Phi) is 3.77. The molecule has 1 fully saturated rings. The van der Waals surface area contributed by atoms with Gasteiger partial charge in [-0.05, 0) is 32.1 Å². The Morgan fingerprint density at radius 2 is 1.93 bits per heavy atom. The van der Waals surface area contributed by atoms with Gasteiger partial charge in [-0.2, -0.15) is 0 Å². The molecule has 3 heteroatoms. The molecular weight excluding hydrogens is 190 g/mol. The van der Waals surface area contributed by atoms with Crippen LogP contribution in [-0.2, 0) is 4.79 Å². The fraction of sp³-hybridized carbons (Fsp3) is 0.917. The molecule has 0 aromatic rings. The van der Waals surface area contributed by atoms with Crippen LogP contribution in [-0.4, -0.2) is 24.2 Å². The normalized spacial score (nSPS) is 20.5. The lowest BCUT2D eigenvalue weighted by Gasteiger charge is -2.27. The van der Waals surface area contributed by atoms with E-state index in [2.05, 4.69) is 12.2 Å². The first kappa shape index (κ1) is 12.5. The summed E-state index contributed by atoms with van der Waals surface area (Å²) in [6, 6.07) is 0. The highest BCUT2D eigenvalue weighted by atomic mass is 16.4. The third-order valence-corrected chi connectivity index (χ3v) is 3.51. The number of aliphatic carboxylic acids is 1. The third-order valence-electron chi connectivity index (χ3n) is 3.51. The van der Waals surface area contributed by atoms with Crippen LogP contribution in [0.1, 0.15) is 46.5 Å². The van der Waals surface area contributed by atoms with Gasteiger partial charge in [0.2, 0.25) is 0 Å². The van der Waals surface area contributed by atoms with E-state index in [1.54, 1.807) is 13.8 Å². The van der Waals surface area contributed by atoms with Crippen molar-refractivity contribution in [1.82, 2.24) is 5.32 Å². The van der Waals surface area contributed by atoms with E-state index < -0.39 is 11.4 Å². The van der Waals surface area contributed by atoms with Crippen molar-refractivity contribution in [2.24, 2.45) is 10.8 Å². The summed E-state index contributed by atoms with van der Waals surface area (Å²) in [5.74, 6) is -0.730. The van der Waals surface area contributed by atoms with E-state index in [0.717, 1.165) is 6.54 Å². The maximum Gasteiger partial charge on any atom is 0.310 e. The number of carboxylic acids is 1. The van der Waals surface area contributed by atoms with E-state index in [-0.39, 0.29) is 0 Å². The van der Waals surface area contributed by atoms with Crippen molar-refractivity contribution in [1.29, 1.82) is 0 Å². The van der Waals surface area contributed by atoms with Gasteiger partial charge >= 0.3 is 5.97 Å². The standard InChI is InChI=1S/C12H23NO2/c1-11(2,10(14)15)8-13-9-12(3)6-4-5-7-12/h13H,4-9H2,1-3H3,(H,14,15). The summed E-state index contributed by atoms with van der Waals surface area (Å²) in [7, 11) is 0. The molecule has 0 spiro atoms. The monoisotopic (exact) mass is 213 g/mol. The Hall–Kier alpha value is -0.570. The van der Waals surface area contributed by atoms with Crippen LogP contribution >= 0.6 is 0 Å². The second kappa shape index (κ2) is 4.52. The number of hydrogen-bond donors (Lipinski definition) is 2. The van der Waals surface area contributed by atoms with Crippen molar-refractivity contribution in [3.63, 3.8) is 0 Å². The minimum absolute atomic E-state index is 0.397. The van der Waals surface area contributed by atoms with Crippen molar-refractivity contribution in [2.75, 3.05) is 13.1 Å². The predicted octanol–water partition coefficient (Wildman–Crippen LogP) is 2.27. The average molecular weight is 213 g/mol. The summed E-state index contributed by atoms with van der Waals surface area (Å²) in [4.78, 5) is 10.9. The molecule has 0 aromatic carbocycles. The zero-order valence-corrected chi connectivity index (χ0v) is 10.1. The summed E-state index contributed by atoms with van der Waals surface area (Å²) in [6.07, 6.45) is 5.18. The SMILES string of the molecule is CC1(CNCC(C)(C)C(=O)O)CCCC1. The van der Waals surface area contributed by atoms with E-state index in [4.69, 9.17) is 5.11 Å². The van der Waals surface area contributed by atoms with Crippen LogP contribution < -0.4 is 5.32 Å². The molecule has 0 aliphatic heterocycles. The lowest BCUT2D eigenvalue weighted by atomic mass is 9.87. The van der Waals surface area contributed by atoms with E-state index in [1.807, 2.05) is 0 Å². The summed E-state index contributed by atoms with van der Waals surface area (Å²) in [5, 5.41) is 12.3. The average Bonchev–Trinajstić information content (AvgIpc) is 2.51. The molecule has 2 N–H and O–H groups in total. The van der Waals surface area contributed by atoms with Crippen LogP contribution in [0.15, 0.2) is 0 Å². The van der Waals surface area contributed by atoms with Crippen molar-refractivity contribution in [3.05, 3.63) is 0 Å². The molecule has 0 amide bonds. The van der Waals surface area contributed by atoms with Gasteiger partial charge in [-0.1, -0.05) is 19.8 Å². The fourth-order valence-electron chi connectivity index (χ4n) is 2.16. The number of nitrogens with one attached hydrogen (secondary N) is 1. The first-order valence-corrected chi connectivity index (χ1v) is 5.80. The lowest BCUT2D eigenvalue weighted by molar-refractivity contribution is -0.146. The maximum atomic E-state index is 10.9.